The smallest absolute Gasteiger partial charge is 0.291 e. The number of hydrogen-bond acceptors (Lipinski definition) is 3. The van der Waals surface area contributed by atoms with Gasteiger partial charge in [-0.3, -0.25) is 9.78 Å². The summed E-state index contributed by atoms with van der Waals surface area (Å²) < 4.78 is 5.21. The molecular formula is C17H14N2O2. The third kappa shape index (κ3) is 2.69. The van der Waals surface area contributed by atoms with Gasteiger partial charge >= 0.3 is 0 Å². The SMILES string of the molecule is Cc1ccoc1C(=O)Nc1cccnc1-c1ccccc1. The van der Waals surface area contributed by atoms with Crippen molar-refractivity contribution in [1.82, 2.24) is 4.98 Å². The number of aromatic nitrogens is 1. The zero-order valence-corrected chi connectivity index (χ0v) is 11.5. The summed E-state index contributed by atoms with van der Waals surface area (Å²) in [6, 6.07) is 15.1. The summed E-state index contributed by atoms with van der Waals surface area (Å²) in [5.74, 6) is 0.0422. The Morgan fingerprint density at radius 2 is 1.90 bits per heavy atom. The van der Waals surface area contributed by atoms with Crippen molar-refractivity contribution in [2.75, 3.05) is 5.32 Å². The number of amides is 1. The Morgan fingerprint density at radius 3 is 2.62 bits per heavy atom. The highest BCUT2D eigenvalue weighted by Gasteiger charge is 2.15. The van der Waals surface area contributed by atoms with Gasteiger partial charge in [0.2, 0.25) is 0 Å². The molecule has 0 saturated carbocycles. The van der Waals surface area contributed by atoms with Gasteiger partial charge in [0.15, 0.2) is 5.76 Å². The van der Waals surface area contributed by atoms with Gasteiger partial charge in [0.05, 0.1) is 17.6 Å². The first kappa shape index (κ1) is 13.1. The molecule has 3 aromatic rings. The molecule has 1 aromatic carbocycles. The van der Waals surface area contributed by atoms with Crippen molar-refractivity contribution < 1.29 is 9.21 Å². The molecule has 0 unspecified atom stereocenters. The number of nitrogens with one attached hydrogen (secondary N) is 1. The summed E-state index contributed by atoms with van der Waals surface area (Å²) in [5.41, 5.74) is 3.14. The third-order valence-corrected chi connectivity index (χ3v) is 3.17. The van der Waals surface area contributed by atoms with Crippen LogP contribution >= 0.6 is 0 Å². The Kier molecular flexibility index (Phi) is 3.51. The first-order valence-electron chi connectivity index (χ1n) is 6.61. The molecule has 1 N–H and O–H groups in total. The molecule has 0 fully saturated rings. The highest BCUT2D eigenvalue weighted by Crippen LogP contribution is 2.25. The van der Waals surface area contributed by atoms with Crippen LogP contribution in [0.4, 0.5) is 5.69 Å². The van der Waals surface area contributed by atoms with Crippen LogP contribution in [0.15, 0.2) is 65.4 Å². The number of pyridine rings is 1. The second-order valence-electron chi connectivity index (χ2n) is 4.65. The van der Waals surface area contributed by atoms with Gasteiger partial charge in [-0.25, -0.2) is 0 Å². The number of hydrogen-bond donors (Lipinski definition) is 1. The zero-order chi connectivity index (χ0) is 14.7. The average Bonchev–Trinajstić information content (AvgIpc) is 2.95. The Labute approximate surface area is 122 Å². The van der Waals surface area contributed by atoms with E-state index < -0.39 is 0 Å². The van der Waals surface area contributed by atoms with Crippen LogP contribution in [0, 0.1) is 6.92 Å². The fourth-order valence-electron chi connectivity index (χ4n) is 2.12. The molecule has 2 heterocycles. The fourth-order valence-corrected chi connectivity index (χ4v) is 2.12. The van der Waals surface area contributed by atoms with Crippen LogP contribution in [0.1, 0.15) is 16.1 Å². The average molecular weight is 278 g/mol. The highest BCUT2D eigenvalue weighted by atomic mass is 16.3. The zero-order valence-electron chi connectivity index (χ0n) is 11.5. The van der Waals surface area contributed by atoms with Gasteiger partial charge < -0.3 is 9.73 Å². The molecule has 1 amide bonds. The minimum absolute atomic E-state index is 0.275. The highest BCUT2D eigenvalue weighted by molar-refractivity contribution is 6.04. The van der Waals surface area contributed by atoms with Gasteiger partial charge in [-0.05, 0) is 25.1 Å². The summed E-state index contributed by atoms with van der Waals surface area (Å²) in [4.78, 5) is 16.6. The van der Waals surface area contributed by atoms with Crippen LogP contribution in [-0.4, -0.2) is 10.9 Å². The number of nitrogens with zero attached hydrogens (tertiary/aromatic N) is 1. The number of anilines is 1. The number of carbonyl (C=O) groups excluding carboxylic acids is 1. The predicted octanol–water partition coefficient (Wildman–Crippen LogP) is 3.90. The van der Waals surface area contributed by atoms with Gasteiger partial charge in [0, 0.05) is 17.3 Å². The van der Waals surface area contributed by atoms with E-state index in [1.165, 1.54) is 6.26 Å². The standard InChI is InChI=1S/C17H14N2O2/c1-12-9-11-21-16(12)17(20)19-14-8-5-10-18-15(14)13-6-3-2-4-7-13/h2-11H,1H3,(H,19,20). The van der Waals surface area contributed by atoms with E-state index in [1.54, 1.807) is 18.3 Å². The van der Waals surface area contributed by atoms with E-state index in [9.17, 15) is 4.79 Å². The lowest BCUT2D eigenvalue weighted by Gasteiger charge is -2.09. The molecule has 104 valence electrons. The summed E-state index contributed by atoms with van der Waals surface area (Å²) in [5, 5.41) is 2.86. The van der Waals surface area contributed by atoms with Gasteiger partial charge in [-0.15, -0.1) is 0 Å². The van der Waals surface area contributed by atoms with Gasteiger partial charge in [0.1, 0.15) is 0 Å². The molecule has 4 heteroatoms. The van der Waals surface area contributed by atoms with Crippen molar-refractivity contribution in [2.45, 2.75) is 6.92 Å². The summed E-state index contributed by atoms with van der Waals surface area (Å²) >= 11 is 0. The molecule has 0 aliphatic heterocycles. The number of benzene rings is 1. The summed E-state index contributed by atoms with van der Waals surface area (Å²) in [6.45, 7) is 1.83. The molecule has 3 rings (SSSR count). The maximum Gasteiger partial charge on any atom is 0.291 e. The van der Waals surface area contributed by atoms with Crippen molar-refractivity contribution in [1.29, 1.82) is 0 Å². The van der Waals surface area contributed by atoms with Crippen molar-refractivity contribution in [3.8, 4) is 11.3 Å². The second kappa shape index (κ2) is 5.63. The predicted molar refractivity (Wildman–Crippen MR) is 81.1 cm³/mol. The van der Waals surface area contributed by atoms with E-state index >= 15 is 0 Å². The van der Waals surface area contributed by atoms with Gasteiger partial charge in [-0.2, -0.15) is 0 Å². The van der Waals surface area contributed by atoms with Crippen molar-refractivity contribution in [3.63, 3.8) is 0 Å². The lowest BCUT2D eigenvalue weighted by atomic mass is 10.1. The minimum atomic E-state index is -0.275. The fraction of sp³-hybridized carbons (Fsp3) is 0.0588. The number of carbonyl (C=O) groups is 1. The van der Waals surface area contributed by atoms with Gasteiger partial charge in [-0.1, -0.05) is 30.3 Å². The molecule has 0 radical (unpaired) electrons. The van der Waals surface area contributed by atoms with Crippen LogP contribution in [0.3, 0.4) is 0 Å². The van der Waals surface area contributed by atoms with Crippen LogP contribution in [0.5, 0.6) is 0 Å². The molecule has 2 aromatic heterocycles. The Bertz CT molecular complexity index is 763. The largest absolute Gasteiger partial charge is 0.459 e. The number of rotatable bonds is 3. The van der Waals surface area contributed by atoms with E-state index in [0.29, 0.717) is 11.4 Å². The van der Waals surface area contributed by atoms with Crippen LogP contribution in [-0.2, 0) is 0 Å². The molecule has 0 spiro atoms. The van der Waals surface area contributed by atoms with Crippen LogP contribution in [0.25, 0.3) is 11.3 Å². The molecular weight excluding hydrogens is 264 g/mol. The van der Waals surface area contributed by atoms with Crippen molar-refractivity contribution in [2.24, 2.45) is 0 Å². The lowest BCUT2D eigenvalue weighted by molar-refractivity contribution is 0.0996. The van der Waals surface area contributed by atoms with Gasteiger partial charge in [0.25, 0.3) is 5.91 Å². The van der Waals surface area contributed by atoms with E-state index in [-0.39, 0.29) is 5.91 Å². The summed E-state index contributed by atoms with van der Waals surface area (Å²) in [6.07, 6.45) is 3.21. The van der Waals surface area contributed by atoms with E-state index in [1.807, 2.05) is 43.3 Å². The molecule has 0 atom stereocenters. The Balaban J connectivity index is 1.94. The topological polar surface area (TPSA) is 55.1 Å². The van der Waals surface area contributed by atoms with E-state index in [4.69, 9.17) is 4.42 Å². The Hall–Kier alpha value is -2.88. The number of furan rings is 1. The van der Waals surface area contributed by atoms with Crippen LogP contribution < -0.4 is 5.32 Å². The first-order chi connectivity index (χ1) is 10.3. The maximum atomic E-state index is 12.2. The molecule has 0 aliphatic carbocycles. The third-order valence-electron chi connectivity index (χ3n) is 3.17. The van der Waals surface area contributed by atoms with E-state index in [2.05, 4.69) is 10.3 Å². The quantitative estimate of drug-likeness (QED) is 0.790. The molecule has 21 heavy (non-hydrogen) atoms. The first-order valence-corrected chi connectivity index (χ1v) is 6.61. The molecule has 4 nitrogen and oxygen atoms in total. The maximum absolute atomic E-state index is 12.2. The molecule has 0 saturated heterocycles. The van der Waals surface area contributed by atoms with E-state index in [0.717, 1.165) is 16.8 Å². The molecule has 0 aliphatic rings. The molecule has 0 bridgehead atoms. The lowest BCUT2D eigenvalue weighted by Crippen LogP contribution is -2.13. The van der Waals surface area contributed by atoms with Crippen molar-refractivity contribution >= 4 is 11.6 Å². The minimum Gasteiger partial charge on any atom is -0.459 e. The second-order valence-corrected chi connectivity index (χ2v) is 4.65. The normalized spacial score (nSPS) is 10.3. The number of aryl methyl sites for hydroxylation is 1. The van der Waals surface area contributed by atoms with Crippen LogP contribution in [0.2, 0.25) is 0 Å². The monoisotopic (exact) mass is 278 g/mol. The van der Waals surface area contributed by atoms with Crippen molar-refractivity contribution in [3.05, 3.63) is 72.3 Å². The summed E-state index contributed by atoms with van der Waals surface area (Å²) in [7, 11) is 0. The Morgan fingerprint density at radius 1 is 1.10 bits per heavy atom.